The molecule has 0 bridgehead atoms. The standard InChI is InChI=1S/C15H23N5O/c1-10(2)20-14-13(9-18-20)12(8-11(3)19-14)15(21)17-7-5-4-6-16/h8-10H,4-7,16H2,1-3H3,(H,17,21). The number of aromatic nitrogens is 3. The fourth-order valence-corrected chi connectivity index (χ4v) is 2.28. The van der Waals surface area contributed by atoms with E-state index in [2.05, 4.69) is 15.4 Å². The zero-order chi connectivity index (χ0) is 15.4. The van der Waals surface area contributed by atoms with Gasteiger partial charge in [-0.2, -0.15) is 5.10 Å². The second-order valence-corrected chi connectivity index (χ2v) is 5.48. The fraction of sp³-hybridized carbons (Fsp3) is 0.533. The van der Waals surface area contributed by atoms with E-state index in [1.54, 1.807) is 6.20 Å². The van der Waals surface area contributed by atoms with E-state index >= 15 is 0 Å². The molecule has 3 N–H and O–H groups in total. The molecule has 0 spiro atoms. The first-order valence-corrected chi connectivity index (χ1v) is 7.37. The van der Waals surface area contributed by atoms with E-state index in [9.17, 15) is 4.79 Å². The molecular weight excluding hydrogens is 266 g/mol. The zero-order valence-corrected chi connectivity index (χ0v) is 12.9. The van der Waals surface area contributed by atoms with Crippen LogP contribution in [0.2, 0.25) is 0 Å². The van der Waals surface area contributed by atoms with Gasteiger partial charge >= 0.3 is 0 Å². The number of hydrogen-bond acceptors (Lipinski definition) is 4. The number of pyridine rings is 1. The first-order valence-electron chi connectivity index (χ1n) is 7.37. The van der Waals surface area contributed by atoms with Crippen molar-refractivity contribution in [3.8, 4) is 0 Å². The van der Waals surface area contributed by atoms with Crippen molar-refractivity contribution >= 4 is 16.9 Å². The van der Waals surface area contributed by atoms with Crippen molar-refractivity contribution in [3.05, 3.63) is 23.5 Å². The van der Waals surface area contributed by atoms with Gasteiger partial charge in [-0.3, -0.25) is 4.79 Å². The SMILES string of the molecule is Cc1cc(C(=O)NCCCCN)c2cnn(C(C)C)c2n1. The second kappa shape index (κ2) is 6.67. The molecule has 0 saturated heterocycles. The topological polar surface area (TPSA) is 85.8 Å². The number of hydrogen-bond donors (Lipinski definition) is 2. The van der Waals surface area contributed by atoms with Gasteiger partial charge in [-0.05, 0) is 46.2 Å². The van der Waals surface area contributed by atoms with Gasteiger partial charge in [0, 0.05) is 18.3 Å². The number of rotatable bonds is 6. The molecule has 2 rings (SSSR count). The summed E-state index contributed by atoms with van der Waals surface area (Å²) in [4.78, 5) is 16.9. The van der Waals surface area contributed by atoms with E-state index in [-0.39, 0.29) is 11.9 Å². The molecule has 0 aliphatic carbocycles. The number of nitrogens with two attached hydrogens (primary N) is 1. The zero-order valence-electron chi connectivity index (χ0n) is 12.9. The highest BCUT2D eigenvalue weighted by atomic mass is 16.1. The monoisotopic (exact) mass is 289 g/mol. The Balaban J connectivity index is 2.29. The third kappa shape index (κ3) is 3.39. The average Bonchev–Trinajstić information content (AvgIpc) is 2.86. The molecule has 0 aromatic carbocycles. The van der Waals surface area contributed by atoms with Crippen LogP contribution >= 0.6 is 0 Å². The van der Waals surface area contributed by atoms with Crippen LogP contribution in [0.1, 0.15) is 48.8 Å². The summed E-state index contributed by atoms with van der Waals surface area (Å²) in [6.07, 6.45) is 3.52. The van der Waals surface area contributed by atoms with Crippen LogP contribution in [0.25, 0.3) is 11.0 Å². The van der Waals surface area contributed by atoms with E-state index in [0.717, 1.165) is 29.6 Å². The lowest BCUT2D eigenvalue weighted by Gasteiger charge is -2.09. The van der Waals surface area contributed by atoms with Gasteiger partial charge in [0.1, 0.15) is 0 Å². The van der Waals surface area contributed by atoms with Crippen LogP contribution in [-0.2, 0) is 0 Å². The van der Waals surface area contributed by atoms with Crippen LogP contribution in [0, 0.1) is 6.92 Å². The van der Waals surface area contributed by atoms with E-state index in [0.29, 0.717) is 18.7 Å². The summed E-state index contributed by atoms with van der Waals surface area (Å²) >= 11 is 0. The van der Waals surface area contributed by atoms with Crippen LogP contribution in [0.4, 0.5) is 0 Å². The minimum absolute atomic E-state index is 0.0779. The summed E-state index contributed by atoms with van der Waals surface area (Å²) in [6.45, 7) is 7.27. The van der Waals surface area contributed by atoms with Crippen molar-refractivity contribution in [2.45, 2.75) is 39.7 Å². The maximum atomic E-state index is 12.3. The smallest absolute Gasteiger partial charge is 0.252 e. The quantitative estimate of drug-likeness (QED) is 0.794. The van der Waals surface area contributed by atoms with Crippen molar-refractivity contribution in [1.29, 1.82) is 0 Å². The number of unbranched alkanes of at least 4 members (excludes halogenated alkanes) is 1. The van der Waals surface area contributed by atoms with Crippen molar-refractivity contribution < 1.29 is 4.79 Å². The van der Waals surface area contributed by atoms with Gasteiger partial charge in [-0.1, -0.05) is 0 Å². The van der Waals surface area contributed by atoms with Crippen LogP contribution in [0.5, 0.6) is 0 Å². The fourth-order valence-electron chi connectivity index (χ4n) is 2.28. The predicted octanol–water partition coefficient (Wildman–Crippen LogP) is 1.79. The minimum atomic E-state index is -0.0779. The Labute approximate surface area is 124 Å². The number of nitrogens with one attached hydrogen (secondary N) is 1. The Morgan fingerprint density at radius 1 is 1.43 bits per heavy atom. The molecule has 0 unspecified atom stereocenters. The molecule has 0 aliphatic rings. The van der Waals surface area contributed by atoms with Crippen molar-refractivity contribution in [1.82, 2.24) is 20.1 Å². The lowest BCUT2D eigenvalue weighted by molar-refractivity contribution is 0.0954. The molecule has 0 radical (unpaired) electrons. The van der Waals surface area contributed by atoms with E-state index in [4.69, 9.17) is 5.73 Å². The summed E-state index contributed by atoms with van der Waals surface area (Å²) in [5, 5.41) is 8.08. The molecule has 2 heterocycles. The largest absolute Gasteiger partial charge is 0.352 e. The van der Waals surface area contributed by atoms with Crippen molar-refractivity contribution in [2.75, 3.05) is 13.1 Å². The number of nitrogens with zero attached hydrogens (tertiary/aromatic N) is 3. The number of carbonyl (C=O) groups excluding carboxylic acids is 1. The number of aryl methyl sites for hydroxylation is 1. The molecule has 6 heteroatoms. The third-order valence-corrected chi connectivity index (χ3v) is 3.35. The van der Waals surface area contributed by atoms with E-state index in [1.807, 2.05) is 31.5 Å². The second-order valence-electron chi connectivity index (χ2n) is 5.48. The van der Waals surface area contributed by atoms with Gasteiger partial charge < -0.3 is 11.1 Å². The summed E-state index contributed by atoms with van der Waals surface area (Å²) in [5.41, 5.74) is 7.66. The molecule has 2 aromatic rings. The first-order chi connectivity index (χ1) is 10.0. The van der Waals surface area contributed by atoms with Crippen molar-refractivity contribution in [3.63, 3.8) is 0 Å². The molecule has 114 valence electrons. The van der Waals surface area contributed by atoms with Gasteiger partial charge in [-0.25, -0.2) is 9.67 Å². The Hall–Kier alpha value is -1.95. The summed E-state index contributed by atoms with van der Waals surface area (Å²) in [5.74, 6) is -0.0779. The Bertz CT molecular complexity index is 632. The predicted molar refractivity (Wildman–Crippen MR) is 83.3 cm³/mol. The highest BCUT2D eigenvalue weighted by Crippen LogP contribution is 2.20. The maximum absolute atomic E-state index is 12.3. The van der Waals surface area contributed by atoms with Crippen LogP contribution in [-0.4, -0.2) is 33.8 Å². The summed E-state index contributed by atoms with van der Waals surface area (Å²) < 4.78 is 1.84. The number of carbonyl (C=O) groups is 1. The summed E-state index contributed by atoms with van der Waals surface area (Å²) in [6, 6.07) is 2.02. The molecule has 6 nitrogen and oxygen atoms in total. The van der Waals surface area contributed by atoms with Gasteiger partial charge in [-0.15, -0.1) is 0 Å². The number of fused-ring (bicyclic) bond motifs is 1. The molecule has 0 atom stereocenters. The molecule has 2 aromatic heterocycles. The van der Waals surface area contributed by atoms with Gasteiger partial charge in [0.05, 0.1) is 17.1 Å². The molecule has 0 saturated carbocycles. The minimum Gasteiger partial charge on any atom is -0.352 e. The molecule has 0 fully saturated rings. The van der Waals surface area contributed by atoms with E-state index < -0.39 is 0 Å². The van der Waals surface area contributed by atoms with Crippen molar-refractivity contribution in [2.24, 2.45) is 5.73 Å². The van der Waals surface area contributed by atoms with Gasteiger partial charge in [0.15, 0.2) is 5.65 Å². The molecule has 1 amide bonds. The van der Waals surface area contributed by atoms with Gasteiger partial charge in [0.25, 0.3) is 5.91 Å². The van der Waals surface area contributed by atoms with Gasteiger partial charge in [0.2, 0.25) is 0 Å². The Kier molecular flexibility index (Phi) is 4.90. The van der Waals surface area contributed by atoms with Crippen LogP contribution < -0.4 is 11.1 Å². The first kappa shape index (κ1) is 15.4. The van der Waals surface area contributed by atoms with Crippen LogP contribution in [0.3, 0.4) is 0 Å². The molecule has 21 heavy (non-hydrogen) atoms. The normalized spacial score (nSPS) is 11.3. The highest BCUT2D eigenvalue weighted by Gasteiger charge is 2.16. The Morgan fingerprint density at radius 3 is 2.86 bits per heavy atom. The highest BCUT2D eigenvalue weighted by molar-refractivity contribution is 6.05. The maximum Gasteiger partial charge on any atom is 0.252 e. The van der Waals surface area contributed by atoms with Crippen LogP contribution in [0.15, 0.2) is 12.3 Å². The summed E-state index contributed by atoms with van der Waals surface area (Å²) in [7, 11) is 0. The molecular formula is C15H23N5O. The molecule has 0 aliphatic heterocycles. The third-order valence-electron chi connectivity index (χ3n) is 3.35. The lowest BCUT2D eigenvalue weighted by Crippen LogP contribution is -2.25. The number of amides is 1. The van der Waals surface area contributed by atoms with E-state index in [1.165, 1.54) is 0 Å². The average molecular weight is 289 g/mol. The lowest BCUT2D eigenvalue weighted by atomic mass is 10.1. The Morgan fingerprint density at radius 2 is 2.19 bits per heavy atom.